The summed E-state index contributed by atoms with van der Waals surface area (Å²) in [6.45, 7) is 2.36. The number of aromatic nitrogens is 2. The topological polar surface area (TPSA) is 39.1 Å². The quantitative estimate of drug-likeness (QED) is 0.937. The molecule has 0 aliphatic carbocycles. The fourth-order valence-electron chi connectivity index (χ4n) is 1.82. The highest BCUT2D eigenvalue weighted by atomic mass is 19.4. The van der Waals surface area contributed by atoms with Crippen LogP contribution in [0.5, 0.6) is 5.75 Å². The van der Waals surface area contributed by atoms with Crippen LogP contribution in [-0.2, 0) is 13.6 Å². The highest BCUT2D eigenvalue weighted by Crippen LogP contribution is 2.25. The lowest BCUT2D eigenvalue weighted by molar-refractivity contribution is -0.274. The number of halogens is 3. The number of hydrogen-bond donors (Lipinski definition) is 1. The summed E-state index contributed by atoms with van der Waals surface area (Å²) in [7, 11) is 1.81. The average molecular weight is 285 g/mol. The van der Waals surface area contributed by atoms with E-state index in [1.807, 2.05) is 20.2 Å². The second kappa shape index (κ2) is 5.44. The van der Waals surface area contributed by atoms with Crippen LogP contribution in [0, 0.1) is 6.92 Å². The highest BCUT2D eigenvalue weighted by Gasteiger charge is 2.31. The monoisotopic (exact) mass is 285 g/mol. The second-order valence-electron chi connectivity index (χ2n) is 4.34. The predicted molar refractivity (Wildman–Crippen MR) is 68.4 cm³/mol. The smallest absolute Gasteiger partial charge is 0.406 e. The van der Waals surface area contributed by atoms with Gasteiger partial charge in [0.25, 0.3) is 0 Å². The van der Waals surface area contributed by atoms with Gasteiger partial charge in [-0.3, -0.25) is 4.68 Å². The first-order chi connectivity index (χ1) is 9.33. The Kier molecular flexibility index (Phi) is 3.87. The van der Waals surface area contributed by atoms with E-state index in [9.17, 15) is 13.2 Å². The first-order valence-electron chi connectivity index (χ1n) is 5.92. The fourth-order valence-corrected chi connectivity index (χ4v) is 1.82. The Hall–Kier alpha value is -2.18. The van der Waals surface area contributed by atoms with Crippen LogP contribution in [0.25, 0.3) is 0 Å². The SMILES string of the molecule is Cc1nn(C)cc1CNc1cccc(OC(F)(F)F)c1. The molecule has 20 heavy (non-hydrogen) atoms. The van der Waals surface area contributed by atoms with Crippen molar-refractivity contribution in [3.05, 3.63) is 41.7 Å². The van der Waals surface area contributed by atoms with Crippen LogP contribution < -0.4 is 10.1 Å². The molecule has 0 radical (unpaired) electrons. The van der Waals surface area contributed by atoms with Crippen LogP contribution in [0.2, 0.25) is 0 Å². The van der Waals surface area contributed by atoms with Gasteiger partial charge in [-0.2, -0.15) is 5.10 Å². The first-order valence-corrected chi connectivity index (χ1v) is 5.92. The maximum atomic E-state index is 12.1. The zero-order valence-electron chi connectivity index (χ0n) is 11.0. The molecule has 1 N–H and O–H groups in total. The van der Waals surface area contributed by atoms with Crippen LogP contribution in [0.3, 0.4) is 0 Å². The van der Waals surface area contributed by atoms with Crippen molar-refractivity contribution in [2.75, 3.05) is 5.32 Å². The van der Waals surface area contributed by atoms with Gasteiger partial charge in [0.15, 0.2) is 0 Å². The maximum Gasteiger partial charge on any atom is 0.573 e. The van der Waals surface area contributed by atoms with Crippen LogP contribution in [0.4, 0.5) is 18.9 Å². The first kappa shape index (κ1) is 14.2. The van der Waals surface area contributed by atoms with Gasteiger partial charge >= 0.3 is 6.36 Å². The Balaban J connectivity index is 2.03. The molecule has 2 rings (SSSR count). The minimum Gasteiger partial charge on any atom is -0.406 e. The van der Waals surface area contributed by atoms with Crippen molar-refractivity contribution in [2.24, 2.45) is 7.05 Å². The number of ether oxygens (including phenoxy) is 1. The van der Waals surface area contributed by atoms with Crippen molar-refractivity contribution in [1.29, 1.82) is 0 Å². The van der Waals surface area contributed by atoms with E-state index in [1.54, 1.807) is 10.7 Å². The number of aryl methyl sites for hydroxylation is 2. The minimum atomic E-state index is -4.68. The second-order valence-corrected chi connectivity index (χ2v) is 4.34. The molecule has 0 saturated heterocycles. The normalized spacial score (nSPS) is 11.4. The van der Waals surface area contributed by atoms with E-state index in [4.69, 9.17) is 0 Å². The fraction of sp³-hybridized carbons (Fsp3) is 0.308. The molecule has 0 unspecified atom stereocenters. The molecule has 0 bridgehead atoms. The van der Waals surface area contributed by atoms with Gasteiger partial charge in [-0.25, -0.2) is 0 Å². The van der Waals surface area contributed by atoms with Gasteiger partial charge in [0, 0.05) is 37.1 Å². The number of anilines is 1. The standard InChI is InChI=1S/C13H14F3N3O/c1-9-10(8-19(2)18-9)7-17-11-4-3-5-12(6-11)20-13(14,15)16/h3-6,8,17H,7H2,1-2H3. The van der Waals surface area contributed by atoms with Gasteiger partial charge < -0.3 is 10.1 Å². The Morgan fingerprint density at radius 3 is 2.70 bits per heavy atom. The summed E-state index contributed by atoms with van der Waals surface area (Å²) in [5.41, 5.74) is 2.41. The highest BCUT2D eigenvalue weighted by molar-refractivity contribution is 5.48. The molecule has 0 fully saturated rings. The van der Waals surface area contributed by atoms with Gasteiger partial charge in [-0.15, -0.1) is 13.2 Å². The third kappa shape index (κ3) is 3.91. The summed E-state index contributed by atoms with van der Waals surface area (Å²) in [6.07, 6.45) is -2.82. The minimum absolute atomic E-state index is 0.245. The molecule has 0 aliphatic rings. The number of hydrogen-bond acceptors (Lipinski definition) is 3. The molecule has 1 heterocycles. The summed E-state index contributed by atoms with van der Waals surface area (Å²) in [5.74, 6) is -0.245. The zero-order valence-corrected chi connectivity index (χ0v) is 11.0. The van der Waals surface area contributed by atoms with E-state index in [-0.39, 0.29) is 5.75 Å². The summed E-state index contributed by atoms with van der Waals surface area (Å²) < 4.78 is 41.9. The van der Waals surface area contributed by atoms with Gasteiger partial charge in [0.05, 0.1) is 5.69 Å². The molecule has 0 atom stereocenters. The van der Waals surface area contributed by atoms with Crippen LogP contribution in [-0.4, -0.2) is 16.1 Å². The summed E-state index contributed by atoms with van der Waals surface area (Å²) in [5, 5.41) is 7.23. The van der Waals surface area contributed by atoms with Crippen molar-refractivity contribution >= 4 is 5.69 Å². The predicted octanol–water partition coefficient (Wildman–Crippen LogP) is 3.24. The Morgan fingerprint density at radius 2 is 2.10 bits per heavy atom. The van der Waals surface area contributed by atoms with Crippen molar-refractivity contribution in [2.45, 2.75) is 19.8 Å². The summed E-state index contributed by atoms with van der Waals surface area (Å²) in [4.78, 5) is 0. The lowest BCUT2D eigenvalue weighted by Crippen LogP contribution is -2.17. The Bertz CT molecular complexity index is 593. The lowest BCUT2D eigenvalue weighted by atomic mass is 10.2. The van der Waals surface area contributed by atoms with E-state index in [1.165, 1.54) is 18.2 Å². The Labute approximate surface area is 114 Å². The number of benzene rings is 1. The Morgan fingerprint density at radius 1 is 1.35 bits per heavy atom. The maximum absolute atomic E-state index is 12.1. The van der Waals surface area contributed by atoms with Gasteiger partial charge in [0.2, 0.25) is 0 Å². The molecule has 1 aromatic heterocycles. The molecule has 108 valence electrons. The van der Waals surface area contributed by atoms with Crippen LogP contribution >= 0.6 is 0 Å². The van der Waals surface area contributed by atoms with Crippen molar-refractivity contribution in [3.63, 3.8) is 0 Å². The molecule has 7 heteroatoms. The van der Waals surface area contributed by atoms with E-state index >= 15 is 0 Å². The average Bonchev–Trinajstić information content (AvgIpc) is 2.63. The number of nitrogens with one attached hydrogen (secondary N) is 1. The van der Waals surface area contributed by atoms with Crippen LogP contribution in [0.1, 0.15) is 11.3 Å². The van der Waals surface area contributed by atoms with Gasteiger partial charge in [0.1, 0.15) is 5.75 Å². The van der Waals surface area contributed by atoms with Crippen molar-refractivity contribution in [1.82, 2.24) is 9.78 Å². The molecule has 0 saturated carbocycles. The van der Waals surface area contributed by atoms with Crippen molar-refractivity contribution in [3.8, 4) is 5.75 Å². The third-order valence-corrected chi connectivity index (χ3v) is 2.67. The zero-order chi connectivity index (χ0) is 14.8. The molecule has 0 amide bonds. The van der Waals surface area contributed by atoms with E-state index in [0.717, 1.165) is 11.3 Å². The largest absolute Gasteiger partial charge is 0.573 e. The summed E-state index contributed by atoms with van der Waals surface area (Å²) >= 11 is 0. The molecular weight excluding hydrogens is 271 g/mol. The number of nitrogens with zero attached hydrogens (tertiary/aromatic N) is 2. The summed E-state index contributed by atoms with van der Waals surface area (Å²) in [6, 6.07) is 5.74. The molecule has 4 nitrogen and oxygen atoms in total. The number of rotatable bonds is 4. The van der Waals surface area contributed by atoms with Gasteiger partial charge in [-0.05, 0) is 19.1 Å². The van der Waals surface area contributed by atoms with E-state index in [2.05, 4.69) is 15.2 Å². The van der Waals surface area contributed by atoms with Crippen molar-refractivity contribution < 1.29 is 17.9 Å². The molecule has 2 aromatic rings. The molecular formula is C13H14F3N3O. The van der Waals surface area contributed by atoms with Crippen LogP contribution in [0.15, 0.2) is 30.5 Å². The van der Waals surface area contributed by atoms with Gasteiger partial charge in [-0.1, -0.05) is 6.07 Å². The molecule has 1 aromatic carbocycles. The third-order valence-electron chi connectivity index (χ3n) is 2.67. The lowest BCUT2D eigenvalue weighted by Gasteiger charge is -2.11. The van der Waals surface area contributed by atoms with E-state index < -0.39 is 6.36 Å². The number of alkyl halides is 3. The van der Waals surface area contributed by atoms with E-state index in [0.29, 0.717) is 12.2 Å². The molecule has 0 spiro atoms. The molecule has 0 aliphatic heterocycles.